The zero-order valence-electron chi connectivity index (χ0n) is 14.8. The van der Waals surface area contributed by atoms with E-state index in [1.54, 1.807) is 0 Å². The summed E-state index contributed by atoms with van der Waals surface area (Å²) in [7, 11) is 0. The second-order valence-corrected chi connectivity index (χ2v) is 6.85. The third kappa shape index (κ3) is 6.00. The molecule has 2 aliphatic heterocycles. The van der Waals surface area contributed by atoms with Gasteiger partial charge in [0.05, 0.1) is 26.4 Å². The van der Waals surface area contributed by atoms with Gasteiger partial charge in [-0.3, -0.25) is 9.89 Å². The normalized spacial score (nSPS) is 29.5. The summed E-state index contributed by atoms with van der Waals surface area (Å²) in [6.07, 6.45) is 6.90. The number of nitrogens with zero attached hydrogens (tertiary/aromatic N) is 2. The van der Waals surface area contributed by atoms with E-state index in [9.17, 15) is 0 Å². The van der Waals surface area contributed by atoms with Crippen LogP contribution in [0.4, 0.5) is 0 Å². The van der Waals surface area contributed by atoms with E-state index in [0.717, 1.165) is 25.1 Å². The minimum absolute atomic E-state index is 0. The van der Waals surface area contributed by atoms with Gasteiger partial charge in [-0.05, 0) is 26.2 Å². The van der Waals surface area contributed by atoms with Crippen molar-refractivity contribution in [3.63, 3.8) is 0 Å². The smallest absolute Gasteiger partial charge is 0.191 e. The zero-order valence-corrected chi connectivity index (χ0v) is 17.2. The molecule has 2 atom stereocenters. The molecule has 7 heteroatoms. The molecule has 0 aromatic heterocycles. The van der Waals surface area contributed by atoms with Crippen molar-refractivity contribution in [2.45, 2.75) is 57.2 Å². The van der Waals surface area contributed by atoms with Gasteiger partial charge in [0.25, 0.3) is 0 Å². The van der Waals surface area contributed by atoms with E-state index in [4.69, 9.17) is 14.5 Å². The fourth-order valence-electron chi connectivity index (χ4n) is 3.85. The molecule has 1 aliphatic carbocycles. The second-order valence-electron chi connectivity index (χ2n) is 6.85. The first-order valence-electron chi connectivity index (χ1n) is 9.33. The van der Waals surface area contributed by atoms with E-state index in [1.807, 2.05) is 0 Å². The van der Waals surface area contributed by atoms with Gasteiger partial charge in [0, 0.05) is 31.7 Å². The van der Waals surface area contributed by atoms with Crippen LogP contribution in [0.1, 0.15) is 39.0 Å². The van der Waals surface area contributed by atoms with Gasteiger partial charge in [-0.25, -0.2) is 0 Å². The molecule has 140 valence electrons. The maximum Gasteiger partial charge on any atom is 0.191 e. The topological polar surface area (TPSA) is 58.1 Å². The molecule has 3 rings (SSSR count). The van der Waals surface area contributed by atoms with Crippen molar-refractivity contribution >= 4 is 29.9 Å². The lowest BCUT2D eigenvalue weighted by Gasteiger charge is -2.24. The van der Waals surface area contributed by atoms with Crippen molar-refractivity contribution in [1.82, 2.24) is 15.5 Å². The minimum Gasteiger partial charge on any atom is -0.376 e. The lowest BCUT2D eigenvalue weighted by Crippen LogP contribution is -2.46. The maximum absolute atomic E-state index is 5.67. The molecule has 0 aromatic carbocycles. The highest BCUT2D eigenvalue weighted by Crippen LogP contribution is 2.26. The molecule has 0 aromatic rings. The van der Waals surface area contributed by atoms with Gasteiger partial charge < -0.3 is 20.1 Å². The van der Waals surface area contributed by atoms with Crippen LogP contribution >= 0.6 is 24.0 Å². The Kier molecular flexibility index (Phi) is 9.07. The van der Waals surface area contributed by atoms with Crippen molar-refractivity contribution in [2.75, 3.05) is 46.0 Å². The summed E-state index contributed by atoms with van der Waals surface area (Å²) in [4.78, 5) is 7.37. The van der Waals surface area contributed by atoms with Gasteiger partial charge in [0.1, 0.15) is 6.10 Å². The molecule has 2 heterocycles. The highest BCUT2D eigenvalue weighted by Gasteiger charge is 2.30. The molecule has 0 amide bonds. The van der Waals surface area contributed by atoms with Crippen LogP contribution in [-0.4, -0.2) is 75.0 Å². The van der Waals surface area contributed by atoms with Gasteiger partial charge in [-0.1, -0.05) is 12.8 Å². The Morgan fingerprint density at radius 1 is 1.21 bits per heavy atom. The van der Waals surface area contributed by atoms with E-state index in [0.29, 0.717) is 32.4 Å². The van der Waals surface area contributed by atoms with Crippen LogP contribution in [0.5, 0.6) is 0 Å². The quantitative estimate of drug-likeness (QED) is 0.377. The lowest BCUT2D eigenvalue weighted by molar-refractivity contribution is -0.0832. The summed E-state index contributed by atoms with van der Waals surface area (Å²) in [5, 5.41) is 6.97. The average molecular weight is 452 g/mol. The van der Waals surface area contributed by atoms with E-state index >= 15 is 0 Å². The monoisotopic (exact) mass is 452 g/mol. The van der Waals surface area contributed by atoms with Crippen LogP contribution in [0, 0.1) is 0 Å². The van der Waals surface area contributed by atoms with Crippen LogP contribution in [0.3, 0.4) is 0 Å². The van der Waals surface area contributed by atoms with Crippen molar-refractivity contribution < 1.29 is 9.47 Å². The SMILES string of the molecule is CCNC(=NCC1COCCO1)NC1CCN(C2CCCC2)C1.I. The fourth-order valence-corrected chi connectivity index (χ4v) is 3.85. The number of hydrogen-bond acceptors (Lipinski definition) is 4. The molecular weight excluding hydrogens is 419 g/mol. The number of likely N-dealkylation sites (tertiary alicyclic amines) is 1. The van der Waals surface area contributed by atoms with Crippen LogP contribution < -0.4 is 10.6 Å². The average Bonchev–Trinajstić information content (AvgIpc) is 3.25. The summed E-state index contributed by atoms with van der Waals surface area (Å²) >= 11 is 0. The Bertz CT molecular complexity index is 385. The third-order valence-electron chi connectivity index (χ3n) is 5.08. The standard InChI is InChI=1S/C17H32N4O2.HI/c1-2-18-17(19-11-16-13-22-9-10-23-16)20-14-7-8-21(12-14)15-5-3-4-6-15;/h14-16H,2-13H2,1H3,(H2,18,19,20);1H. The van der Waals surface area contributed by atoms with Crippen molar-refractivity contribution in [3.8, 4) is 0 Å². The number of ether oxygens (including phenoxy) is 2. The van der Waals surface area contributed by atoms with Gasteiger partial charge in [0.15, 0.2) is 5.96 Å². The van der Waals surface area contributed by atoms with Gasteiger partial charge >= 0.3 is 0 Å². The van der Waals surface area contributed by atoms with Crippen LogP contribution in [0.2, 0.25) is 0 Å². The number of guanidine groups is 1. The zero-order chi connectivity index (χ0) is 15.9. The molecule has 6 nitrogen and oxygen atoms in total. The van der Waals surface area contributed by atoms with E-state index < -0.39 is 0 Å². The molecule has 3 aliphatic rings. The Morgan fingerprint density at radius 3 is 2.75 bits per heavy atom. The fraction of sp³-hybridized carbons (Fsp3) is 0.941. The van der Waals surface area contributed by atoms with Crippen LogP contribution in [-0.2, 0) is 9.47 Å². The van der Waals surface area contributed by atoms with Crippen molar-refractivity contribution in [1.29, 1.82) is 0 Å². The molecule has 0 spiro atoms. The first-order chi connectivity index (χ1) is 11.3. The Balaban J connectivity index is 0.00000208. The van der Waals surface area contributed by atoms with Crippen LogP contribution in [0.15, 0.2) is 4.99 Å². The number of nitrogens with one attached hydrogen (secondary N) is 2. The van der Waals surface area contributed by atoms with Gasteiger partial charge in [0.2, 0.25) is 0 Å². The Labute approximate surface area is 163 Å². The number of halogens is 1. The van der Waals surface area contributed by atoms with Crippen LogP contribution in [0.25, 0.3) is 0 Å². The second kappa shape index (κ2) is 10.8. The van der Waals surface area contributed by atoms with Gasteiger partial charge in [-0.15, -0.1) is 24.0 Å². The molecule has 3 fully saturated rings. The van der Waals surface area contributed by atoms with E-state index in [2.05, 4.69) is 22.5 Å². The molecule has 24 heavy (non-hydrogen) atoms. The maximum atomic E-state index is 5.67. The third-order valence-corrected chi connectivity index (χ3v) is 5.08. The van der Waals surface area contributed by atoms with Gasteiger partial charge in [-0.2, -0.15) is 0 Å². The summed E-state index contributed by atoms with van der Waals surface area (Å²) in [5.41, 5.74) is 0. The predicted octanol–water partition coefficient (Wildman–Crippen LogP) is 1.59. The van der Waals surface area contributed by atoms with Crippen molar-refractivity contribution in [3.05, 3.63) is 0 Å². The predicted molar refractivity (Wildman–Crippen MR) is 107 cm³/mol. The van der Waals surface area contributed by atoms with Crippen molar-refractivity contribution in [2.24, 2.45) is 4.99 Å². The first-order valence-corrected chi connectivity index (χ1v) is 9.33. The lowest BCUT2D eigenvalue weighted by atomic mass is 10.2. The van der Waals surface area contributed by atoms with E-state index in [-0.39, 0.29) is 30.1 Å². The molecule has 1 saturated carbocycles. The van der Waals surface area contributed by atoms with E-state index in [1.165, 1.54) is 38.6 Å². The summed E-state index contributed by atoms with van der Waals surface area (Å²) in [6.45, 7) is 8.07. The Morgan fingerprint density at radius 2 is 2.04 bits per heavy atom. The molecule has 0 radical (unpaired) electrons. The summed E-state index contributed by atoms with van der Waals surface area (Å²) in [5.74, 6) is 0.917. The molecular formula is C17H33IN4O2. The Hall–Kier alpha value is -0.120. The number of aliphatic imine (C=N–C) groups is 1. The molecule has 2 N–H and O–H groups in total. The summed E-state index contributed by atoms with van der Waals surface area (Å²) in [6, 6.07) is 1.34. The molecule has 2 unspecified atom stereocenters. The first kappa shape index (κ1) is 20.2. The molecule has 0 bridgehead atoms. The highest BCUT2D eigenvalue weighted by molar-refractivity contribution is 14.0. The summed E-state index contributed by atoms with van der Waals surface area (Å²) < 4.78 is 11.1. The largest absolute Gasteiger partial charge is 0.376 e. The number of rotatable bonds is 5. The minimum atomic E-state index is 0. The number of hydrogen-bond donors (Lipinski definition) is 2. The highest BCUT2D eigenvalue weighted by atomic mass is 127. The molecule has 2 saturated heterocycles.